The molecule has 0 aromatic heterocycles. The molecule has 116 valence electrons. The average molecular weight is 274 g/mol. The molecule has 19 heavy (non-hydrogen) atoms. The Balaban J connectivity index is 0. The first-order valence-electron chi connectivity index (χ1n) is 7.75. The third-order valence-electron chi connectivity index (χ3n) is 4.19. The normalized spacial score (nSPS) is 27.5. The van der Waals surface area contributed by atoms with E-state index in [0.29, 0.717) is 0 Å². The molecule has 0 heterocycles. The van der Waals surface area contributed by atoms with Crippen LogP contribution < -0.4 is 0 Å². The number of carbonyl (C=O) groups excluding carboxylic acids is 1. The van der Waals surface area contributed by atoms with Gasteiger partial charge in [-0.05, 0) is 37.5 Å². The first-order chi connectivity index (χ1) is 8.58. The van der Waals surface area contributed by atoms with Gasteiger partial charge in [0.25, 0.3) is 0 Å². The Morgan fingerprint density at radius 1 is 0.895 bits per heavy atom. The molecule has 3 heteroatoms. The maximum Gasteiger partial charge on any atom is 0.302 e. The molecule has 2 rings (SSSR count). The molecule has 0 aromatic carbocycles. The molecular weight excluding hydrogens is 240 g/mol. The summed E-state index contributed by atoms with van der Waals surface area (Å²) >= 11 is 0. The van der Waals surface area contributed by atoms with Crippen LogP contribution in [0.25, 0.3) is 0 Å². The quantitative estimate of drug-likeness (QED) is 0.675. The van der Waals surface area contributed by atoms with Crippen LogP contribution in [0.1, 0.15) is 80.0 Å². The smallest absolute Gasteiger partial charge is 0.302 e. The highest BCUT2D eigenvalue weighted by molar-refractivity contribution is 5.66. The molecule has 0 spiro atoms. The Morgan fingerprint density at radius 3 is 1.74 bits per heavy atom. The Labute approximate surface area is 119 Å². The van der Waals surface area contributed by atoms with Gasteiger partial charge in [-0.25, -0.2) is 0 Å². The molecule has 2 aliphatic rings. The summed E-state index contributed by atoms with van der Waals surface area (Å²) in [4.78, 5) is 10.6. The molecule has 3 nitrogen and oxygen atoms in total. The zero-order valence-electron chi connectivity index (χ0n) is 12.9. The van der Waals surface area contributed by atoms with E-state index in [4.69, 9.17) is 4.74 Å². The van der Waals surface area contributed by atoms with Crippen molar-refractivity contribution in [1.82, 2.24) is 0 Å². The van der Waals surface area contributed by atoms with Gasteiger partial charge in [0.15, 0.2) is 0 Å². The van der Waals surface area contributed by atoms with Crippen LogP contribution in [0.15, 0.2) is 0 Å². The van der Waals surface area contributed by atoms with Gasteiger partial charge < -0.3 is 10.2 Å². The van der Waals surface area contributed by atoms with Crippen LogP contribution in [-0.4, -0.2) is 17.5 Å². The van der Waals surface area contributed by atoms with Crippen LogP contribution in [0.5, 0.6) is 0 Å². The van der Waals surface area contributed by atoms with Crippen LogP contribution in [0.2, 0.25) is 0 Å². The summed E-state index contributed by atoms with van der Waals surface area (Å²) in [6.07, 6.45) is 12.2. The number of carbonyl (C=O) groups is 1. The molecule has 2 N–H and O–H groups in total. The van der Waals surface area contributed by atoms with Gasteiger partial charge in [-0.1, -0.05) is 46.0 Å². The summed E-state index contributed by atoms with van der Waals surface area (Å²) in [7, 11) is 0. The minimum Gasteiger partial charge on any atom is -0.463 e. The Hall–Kier alpha value is -0.570. The lowest BCUT2D eigenvalue weighted by Crippen LogP contribution is -2.22. The average Bonchev–Trinajstić information content (AvgIpc) is 2.33. The second-order valence-electron chi connectivity index (χ2n) is 6.23. The monoisotopic (exact) mass is 274 g/mol. The molecule has 0 saturated heterocycles. The van der Waals surface area contributed by atoms with E-state index in [0.717, 1.165) is 24.7 Å². The van der Waals surface area contributed by atoms with Crippen LogP contribution in [0.4, 0.5) is 0 Å². The fraction of sp³-hybridized carbons (Fsp3) is 0.938. The van der Waals surface area contributed by atoms with E-state index in [1.807, 2.05) is 0 Å². The molecular formula is C16H34O3. The number of hydrogen-bond acceptors (Lipinski definition) is 2. The second-order valence-corrected chi connectivity index (χ2v) is 6.23. The second kappa shape index (κ2) is 10.2. The molecule has 0 unspecified atom stereocenters. The van der Waals surface area contributed by atoms with Crippen LogP contribution in [0.3, 0.4) is 0 Å². The molecule has 0 aliphatic heterocycles. The summed E-state index contributed by atoms with van der Waals surface area (Å²) in [6, 6.07) is 0. The maximum absolute atomic E-state index is 10.6. The summed E-state index contributed by atoms with van der Waals surface area (Å²) in [6.45, 7) is 6.10. The fourth-order valence-corrected chi connectivity index (χ4v) is 2.89. The Kier molecular flexibility index (Phi) is 9.94. The van der Waals surface area contributed by atoms with Crippen molar-refractivity contribution >= 4 is 5.97 Å². The standard InChI is InChI=1S/C9H16O2.C7H14.H2O.H2/c1-7-3-5-9(6-4-7)11-8(2)10;1-7-5-3-2-4-6-7;;/h7,9H,3-6H2,1-2H3;7H,2-6H2,1H3;1H2;1H. The topological polar surface area (TPSA) is 57.8 Å². The van der Waals surface area contributed by atoms with E-state index in [1.54, 1.807) is 0 Å². The Morgan fingerprint density at radius 2 is 1.37 bits per heavy atom. The third-order valence-corrected chi connectivity index (χ3v) is 4.19. The van der Waals surface area contributed by atoms with Gasteiger partial charge in [-0.3, -0.25) is 4.79 Å². The van der Waals surface area contributed by atoms with Crippen LogP contribution in [0, 0.1) is 11.8 Å². The number of rotatable bonds is 1. The van der Waals surface area contributed by atoms with Crippen molar-refractivity contribution in [1.29, 1.82) is 0 Å². The highest BCUT2D eigenvalue weighted by Gasteiger charge is 2.19. The van der Waals surface area contributed by atoms with Crippen molar-refractivity contribution in [3.05, 3.63) is 0 Å². The molecule has 0 radical (unpaired) electrons. The molecule has 0 bridgehead atoms. The highest BCUT2D eigenvalue weighted by atomic mass is 16.5. The molecule has 2 saturated carbocycles. The summed E-state index contributed by atoms with van der Waals surface area (Å²) < 4.78 is 5.10. The maximum atomic E-state index is 10.6. The first-order valence-corrected chi connectivity index (χ1v) is 7.75. The SMILES string of the molecule is CC(=O)OC1CCC(C)CC1.CC1CCCCC1.O.[HH]. The van der Waals surface area contributed by atoms with E-state index in [-0.39, 0.29) is 19.0 Å². The molecule has 2 fully saturated rings. The minimum atomic E-state index is -0.135. The molecule has 0 amide bonds. The van der Waals surface area contributed by atoms with Crippen molar-refractivity contribution in [2.45, 2.75) is 84.7 Å². The van der Waals surface area contributed by atoms with Crippen molar-refractivity contribution in [3.63, 3.8) is 0 Å². The van der Waals surface area contributed by atoms with Crippen molar-refractivity contribution < 1.29 is 16.4 Å². The lowest BCUT2D eigenvalue weighted by atomic mass is 9.89. The van der Waals surface area contributed by atoms with Gasteiger partial charge in [0, 0.05) is 8.35 Å². The lowest BCUT2D eigenvalue weighted by Gasteiger charge is -2.25. The number of ether oxygens (including phenoxy) is 1. The van der Waals surface area contributed by atoms with Gasteiger partial charge in [-0.15, -0.1) is 0 Å². The van der Waals surface area contributed by atoms with Crippen molar-refractivity contribution in [2.75, 3.05) is 0 Å². The van der Waals surface area contributed by atoms with E-state index < -0.39 is 0 Å². The fourth-order valence-electron chi connectivity index (χ4n) is 2.89. The minimum absolute atomic E-state index is 0. The van der Waals surface area contributed by atoms with E-state index in [1.165, 1.54) is 51.9 Å². The van der Waals surface area contributed by atoms with Crippen molar-refractivity contribution in [3.8, 4) is 0 Å². The molecule has 0 aromatic rings. The Bertz CT molecular complexity index is 232. The van der Waals surface area contributed by atoms with Crippen LogP contribution >= 0.6 is 0 Å². The van der Waals surface area contributed by atoms with Gasteiger partial charge in [0.05, 0.1) is 0 Å². The molecule has 2 aliphatic carbocycles. The largest absolute Gasteiger partial charge is 0.463 e. The predicted octanol–water partition coefficient (Wildman–Crippen LogP) is 4.14. The molecule has 0 atom stereocenters. The van der Waals surface area contributed by atoms with Gasteiger partial charge >= 0.3 is 5.97 Å². The summed E-state index contributed by atoms with van der Waals surface area (Å²) in [5.74, 6) is 1.72. The van der Waals surface area contributed by atoms with Gasteiger partial charge in [0.1, 0.15) is 6.10 Å². The number of esters is 1. The van der Waals surface area contributed by atoms with Gasteiger partial charge in [0.2, 0.25) is 0 Å². The number of hydrogen-bond donors (Lipinski definition) is 0. The van der Waals surface area contributed by atoms with Crippen molar-refractivity contribution in [2.24, 2.45) is 11.8 Å². The van der Waals surface area contributed by atoms with E-state index in [2.05, 4.69) is 13.8 Å². The van der Waals surface area contributed by atoms with Gasteiger partial charge in [-0.2, -0.15) is 0 Å². The third kappa shape index (κ3) is 9.04. The van der Waals surface area contributed by atoms with Crippen LogP contribution in [-0.2, 0) is 9.53 Å². The highest BCUT2D eigenvalue weighted by Crippen LogP contribution is 2.25. The zero-order chi connectivity index (χ0) is 13.4. The zero-order valence-corrected chi connectivity index (χ0v) is 12.9. The first kappa shape index (κ1) is 18.4. The predicted molar refractivity (Wildman–Crippen MR) is 81.2 cm³/mol. The summed E-state index contributed by atoms with van der Waals surface area (Å²) in [5, 5.41) is 0. The lowest BCUT2D eigenvalue weighted by molar-refractivity contribution is -0.148. The van der Waals surface area contributed by atoms with E-state index in [9.17, 15) is 4.79 Å². The summed E-state index contributed by atoms with van der Waals surface area (Å²) in [5.41, 5.74) is 0. The van der Waals surface area contributed by atoms with E-state index >= 15 is 0 Å².